The highest BCUT2D eigenvalue weighted by molar-refractivity contribution is 9.10. The standard InChI is InChI=1S/C9H8BrN3O/c1-5-2-3-6(7(10)4-5)8-12-9(11)14-13-8/h2-4H,1H3,(H2,11,12,13). The van der Waals surface area contributed by atoms with Gasteiger partial charge in [0.1, 0.15) is 0 Å². The summed E-state index contributed by atoms with van der Waals surface area (Å²) in [7, 11) is 0. The van der Waals surface area contributed by atoms with Crippen LogP contribution in [-0.2, 0) is 0 Å². The Morgan fingerprint density at radius 2 is 2.21 bits per heavy atom. The van der Waals surface area contributed by atoms with Crippen LogP contribution in [0.1, 0.15) is 5.56 Å². The molecule has 0 radical (unpaired) electrons. The monoisotopic (exact) mass is 253 g/mol. The quantitative estimate of drug-likeness (QED) is 0.848. The van der Waals surface area contributed by atoms with E-state index in [1.54, 1.807) is 0 Å². The third-order valence-corrected chi connectivity index (χ3v) is 2.46. The SMILES string of the molecule is Cc1ccc(-c2noc(N)n2)c(Br)c1. The molecule has 0 aliphatic heterocycles. The van der Waals surface area contributed by atoms with Gasteiger partial charge in [-0.25, -0.2) is 0 Å². The Balaban J connectivity index is 2.52. The van der Waals surface area contributed by atoms with Crippen LogP contribution in [0, 0.1) is 6.92 Å². The number of hydrogen-bond acceptors (Lipinski definition) is 4. The number of aryl methyl sites for hydroxylation is 1. The van der Waals surface area contributed by atoms with Crippen LogP contribution in [0.2, 0.25) is 0 Å². The summed E-state index contributed by atoms with van der Waals surface area (Å²) in [5.41, 5.74) is 7.38. The van der Waals surface area contributed by atoms with E-state index in [9.17, 15) is 0 Å². The first-order valence-corrected chi connectivity index (χ1v) is 4.82. The number of nitrogens with two attached hydrogens (primary N) is 1. The van der Waals surface area contributed by atoms with Gasteiger partial charge in [-0.15, -0.1) is 0 Å². The molecule has 0 aliphatic rings. The summed E-state index contributed by atoms with van der Waals surface area (Å²) < 4.78 is 5.63. The van der Waals surface area contributed by atoms with Crippen LogP contribution in [-0.4, -0.2) is 10.1 Å². The van der Waals surface area contributed by atoms with Gasteiger partial charge in [-0.1, -0.05) is 27.2 Å². The lowest BCUT2D eigenvalue weighted by molar-refractivity contribution is 0.437. The van der Waals surface area contributed by atoms with Crippen molar-refractivity contribution in [2.45, 2.75) is 6.92 Å². The first kappa shape index (κ1) is 9.21. The zero-order valence-electron chi connectivity index (χ0n) is 7.49. The number of benzene rings is 1. The van der Waals surface area contributed by atoms with E-state index in [4.69, 9.17) is 10.3 Å². The Bertz CT molecular complexity index is 467. The van der Waals surface area contributed by atoms with E-state index in [1.165, 1.54) is 0 Å². The Morgan fingerprint density at radius 1 is 1.43 bits per heavy atom. The van der Waals surface area contributed by atoms with Gasteiger partial charge in [0.05, 0.1) is 0 Å². The second-order valence-corrected chi connectivity index (χ2v) is 3.79. The van der Waals surface area contributed by atoms with Gasteiger partial charge in [0.2, 0.25) is 5.82 Å². The van der Waals surface area contributed by atoms with Gasteiger partial charge in [0.15, 0.2) is 0 Å². The van der Waals surface area contributed by atoms with Crippen LogP contribution < -0.4 is 5.73 Å². The molecule has 2 aromatic rings. The number of anilines is 1. The van der Waals surface area contributed by atoms with Gasteiger partial charge in [-0.05, 0) is 24.6 Å². The summed E-state index contributed by atoms with van der Waals surface area (Å²) >= 11 is 3.43. The molecule has 1 aromatic carbocycles. The minimum absolute atomic E-state index is 0.0764. The predicted octanol–water partition coefficient (Wildman–Crippen LogP) is 2.39. The first-order chi connectivity index (χ1) is 6.66. The van der Waals surface area contributed by atoms with Gasteiger partial charge < -0.3 is 10.3 Å². The smallest absolute Gasteiger partial charge is 0.319 e. The van der Waals surface area contributed by atoms with Crippen LogP contribution in [0.25, 0.3) is 11.4 Å². The fourth-order valence-electron chi connectivity index (χ4n) is 1.15. The van der Waals surface area contributed by atoms with Crippen molar-refractivity contribution < 1.29 is 4.52 Å². The van der Waals surface area contributed by atoms with Crippen molar-refractivity contribution in [3.8, 4) is 11.4 Å². The van der Waals surface area contributed by atoms with E-state index in [1.807, 2.05) is 25.1 Å². The zero-order chi connectivity index (χ0) is 10.1. The highest BCUT2D eigenvalue weighted by atomic mass is 79.9. The van der Waals surface area contributed by atoms with E-state index in [0.717, 1.165) is 15.6 Å². The van der Waals surface area contributed by atoms with Crippen molar-refractivity contribution in [3.05, 3.63) is 28.2 Å². The Kier molecular flexibility index (Phi) is 2.25. The number of nitrogen functional groups attached to an aromatic ring is 1. The first-order valence-electron chi connectivity index (χ1n) is 4.02. The third kappa shape index (κ3) is 1.63. The van der Waals surface area contributed by atoms with Gasteiger partial charge in [-0.3, -0.25) is 0 Å². The maximum absolute atomic E-state index is 5.34. The normalized spacial score (nSPS) is 10.4. The second kappa shape index (κ2) is 3.42. The molecule has 0 aliphatic carbocycles. The molecule has 1 aromatic heterocycles. The molecule has 0 fully saturated rings. The molecule has 1 heterocycles. The van der Waals surface area contributed by atoms with Gasteiger partial charge in [-0.2, -0.15) is 4.98 Å². The lowest BCUT2D eigenvalue weighted by Gasteiger charge is -1.99. The summed E-state index contributed by atoms with van der Waals surface area (Å²) in [6, 6.07) is 5.96. The average Bonchev–Trinajstić information content (AvgIpc) is 2.51. The maximum Gasteiger partial charge on any atom is 0.319 e. The maximum atomic E-state index is 5.34. The van der Waals surface area contributed by atoms with Crippen molar-refractivity contribution in [2.24, 2.45) is 0 Å². The number of nitrogens with zero attached hydrogens (tertiary/aromatic N) is 2. The molecular weight excluding hydrogens is 246 g/mol. The van der Waals surface area contributed by atoms with E-state index in [-0.39, 0.29) is 6.01 Å². The summed E-state index contributed by atoms with van der Waals surface area (Å²) in [5, 5.41) is 3.74. The van der Waals surface area contributed by atoms with Crippen molar-refractivity contribution in [1.82, 2.24) is 10.1 Å². The number of rotatable bonds is 1. The molecule has 0 unspecified atom stereocenters. The fraction of sp³-hybridized carbons (Fsp3) is 0.111. The number of aromatic nitrogens is 2. The molecule has 0 spiro atoms. The number of hydrogen-bond donors (Lipinski definition) is 1. The van der Waals surface area contributed by atoms with E-state index >= 15 is 0 Å². The van der Waals surface area contributed by atoms with E-state index < -0.39 is 0 Å². The van der Waals surface area contributed by atoms with E-state index in [2.05, 4.69) is 26.1 Å². The summed E-state index contributed by atoms with van der Waals surface area (Å²) in [4.78, 5) is 3.94. The van der Waals surface area contributed by atoms with Crippen LogP contribution in [0.15, 0.2) is 27.2 Å². The highest BCUT2D eigenvalue weighted by Crippen LogP contribution is 2.26. The van der Waals surface area contributed by atoms with Crippen LogP contribution in [0.5, 0.6) is 0 Å². The molecule has 2 rings (SSSR count). The molecule has 0 atom stereocenters. The Hall–Kier alpha value is -1.36. The van der Waals surface area contributed by atoms with Crippen molar-refractivity contribution in [3.63, 3.8) is 0 Å². The molecule has 0 saturated heterocycles. The fourth-order valence-corrected chi connectivity index (χ4v) is 1.82. The lowest BCUT2D eigenvalue weighted by Crippen LogP contribution is -1.85. The van der Waals surface area contributed by atoms with Crippen LogP contribution in [0.3, 0.4) is 0 Å². The third-order valence-electron chi connectivity index (χ3n) is 1.81. The molecule has 0 saturated carbocycles. The average molecular weight is 254 g/mol. The largest absolute Gasteiger partial charge is 0.351 e. The minimum atomic E-state index is 0.0764. The molecule has 14 heavy (non-hydrogen) atoms. The molecule has 4 nitrogen and oxygen atoms in total. The van der Waals surface area contributed by atoms with Crippen molar-refractivity contribution in [2.75, 3.05) is 5.73 Å². The summed E-state index contributed by atoms with van der Waals surface area (Å²) in [6.45, 7) is 2.01. The Labute approximate surface area is 89.2 Å². The minimum Gasteiger partial charge on any atom is -0.351 e. The van der Waals surface area contributed by atoms with Crippen LogP contribution >= 0.6 is 15.9 Å². The molecule has 72 valence electrons. The molecule has 0 amide bonds. The highest BCUT2D eigenvalue weighted by Gasteiger charge is 2.09. The van der Waals surface area contributed by atoms with Gasteiger partial charge in [0.25, 0.3) is 0 Å². The Morgan fingerprint density at radius 3 is 2.79 bits per heavy atom. The molecule has 5 heteroatoms. The predicted molar refractivity (Wildman–Crippen MR) is 56.6 cm³/mol. The molecule has 0 bridgehead atoms. The lowest BCUT2D eigenvalue weighted by atomic mass is 10.1. The zero-order valence-corrected chi connectivity index (χ0v) is 9.08. The number of halogens is 1. The summed E-state index contributed by atoms with van der Waals surface area (Å²) in [5.74, 6) is 0.495. The van der Waals surface area contributed by atoms with Crippen molar-refractivity contribution in [1.29, 1.82) is 0 Å². The molecular formula is C9H8BrN3O. The molecule has 2 N–H and O–H groups in total. The van der Waals surface area contributed by atoms with Crippen LogP contribution in [0.4, 0.5) is 6.01 Å². The van der Waals surface area contributed by atoms with Gasteiger partial charge in [0, 0.05) is 10.0 Å². The second-order valence-electron chi connectivity index (χ2n) is 2.94. The topological polar surface area (TPSA) is 64.9 Å². The summed E-state index contributed by atoms with van der Waals surface area (Å²) in [6.07, 6.45) is 0. The van der Waals surface area contributed by atoms with Crippen molar-refractivity contribution >= 4 is 21.9 Å². The van der Waals surface area contributed by atoms with E-state index in [0.29, 0.717) is 5.82 Å². The van der Waals surface area contributed by atoms with Gasteiger partial charge >= 0.3 is 6.01 Å².